The second-order valence-corrected chi connectivity index (χ2v) is 1.92. The van der Waals surface area contributed by atoms with Crippen molar-refractivity contribution in [3.8, 4) is 0 Å². The largest absolute Gasteiger partial charge is 2.00 e. The molecule has 10 radical (unpaired) electrons. The molecular formula is C13H16OZr. The van der Waals surface area contributed by atoms with E-state index in [0.717, 1.165) is 0 Å². The van der Waals surface area contributed by atoms with Crippen LogP contribution in [-0.2, 0) is 30.9 Å². The van der Waals surface area contributed by atoms with E-state index in [0.29, 0.717) is 0 Å². The van der Waals surface area contributed by atoms with E-state index in [4.69, 9.17) is 4.65 Å². The van der Waals surface area contributed by atoms with Gasteiger partial charge in [-0.3, -0.25) is 0 Å². The molecule has 2 rings (SSSR count). The summed E-state index contributed by atoms with van der Waals surface area (Å²) in [5, 5.41) is 0. The molecule has 0 aromatic carbocycles. The number of rotatable bonds is 0. The second-order valence-electron chi connectivity index (χ2n) is 1.92. The van der Waals surface area contributed by atoms with Crippen LogP contribution in [0, 0.1) is 85.7 Å². The van der Waals surface area contributed by atoms with Crippen molar-refractivity contribution in [1.82, 2.24) is 0 Å². The Bertz CT molecular complexity index is 68.7. The van der Waals surface area contributed by atoms with Crippen LogP contribution >= 0.6 is 0 Å². The van der Waals surface area contributed by atoms with Crippen LogP contribution < -0.4 is 0 Å². The molecule has 2 heteroatoms. The van der Waals surface area contributed by atoms with Gasteiger partial charge in [0.25, 0.3) is 0 Å². The van der Waals surface area contributed by atoms with Gasteiger partial charge in [0, 0.05) is 0 Å². The molecule has 0 amide bonds. The molecule has 0 N–H and O–H groups in total. The van der Waals surface area contributed by atoms with Crippen LogP contribution in [0.25, 0.3) is 0 Å². The number of hydrogen-bond acceptors (Lipinski definition) is 0. The van der Waals surface area contributed by atoms with E-state index in [1.54, 1.807) is 0 Å². The molecule has 2 fully saturated rings. The van der Waals surface area contributed by atoms with Gasteiger partial charge in [0.1, 0.15) is 0 Å². The van der Waals surface area contributed by atoms with Crippen LogP contribution in [0.3, 0.4) is 0 Å². The van der Waals surface area contributed by atoms with Gasteiger partial charge in [0.15, 0.2) is 0 Å². The van der Waals surface area contributed by atoms with E-state index in [9.17, 15) is 0 Å². The summed E-state index contributed by atoms with van der Waals surface area (Å²) in [5.74, 6) is 0. The summed E-state index contributed by atoms with van der Waals surface area (Å²) in [6.45, 7) is 4.50. The first-order valence-electron chi connectivity index (χ1n) is 3.54. The first kappa shape index (κ1) is 24.7. The van der Waals surface area contributed by atoms with Gasteiger partial charge in [-0.25, -0.2) is 0 Å². The van der Waals surface area contributed by atoms with E-state index in [-0.39, 0.29) is 41.1 Å². The molecule has 0 aromatic heterocycles. The molecule has 0 bridgehead atoms. The van der Waals surface area contributed by atoms with E-state index < -0.39 is 0 Å². The molecule has 2 aliphatic carbocycles. The Morgan fingerprint density at radius 2 is 0.533 bits per heavy atom. The van der Waals surface area contributed by atoms with Gasteiger partial charge in [-0.1, -0.05) is 0 Å². The third kappa shape index (κ3) is 20.6. The van der Waals surface area contributed by atoms with E-state index >= 15 is 0 Å². The smallest absolute Gasteiger partial charge is 0.358 e. The minimum Gasteiger partial charge on any atom is -0.358 e. The van der Waals surface area contributed by atoms with Crippen molar-refractivity contribution in [2.45, 2.75) is 0 Å². The van der Waals surface area contributed by atoms with E-state index in [1.807, 2.05) is 64.2 Å². The Kier molecular flexibility index (Phi) is 39.6. The van der Waals surface area contributed by atoms with Crippen molar-refractivity contribution in [3.63, 3.8) is 0 Å². The summed E-state index contributed by atoms with van der Waals surface area (Å²) < 4.78 is 7.50. The molecule has 0 spiro atoms. The molecule has 2 saturated carbocycles. The molecule has 15 heavy (non-hydrogen) atoms. The van der Waals surface area contributed by atoms with Crippen molar-refractivity contribution in [2.75, 3.05) is 0 Å². The standard InChI is InChI=1S/2C5H5.CO.2CH3.Zr/c2*1-2-4-5-3-1;1-2;;;/h2*1-5H;;2*1H3;/q;;;2*-1;+2. The molecule has 1 nitrogen and oxygen atoms in total. The summed E-state index contributed by atoms with van der Waals surface area (Å²) in [5.41, 5.74) is 0. The van der Waals surface area contributed by atoms with Gasteiger partial charge in [-0.05, 0) is 64.2 Å². The Morgan fingerprint density at radius 1 is 0.467 bits per heavy atom. The number of hydrogen-bond donors (Lipinski definition) is 0. The Balaban J connectivity index is -0.0000000592. The maximum absolute atomic E-state index is 7.50. The predicted octanol–water partition coefficient (Wildman–Crippen LogP) is 2.90. The maximum atomic E-state index is 7.50. The monoisotopic (exact) mass is 278 g/mol. The summed E-state index contributed by atoms with van der Waals surface area (Å²) in [6, 6.07) is 0. The molecule has 78 valence electrons. The summed E-state index contributed by atoms with van der Waals surface area (Å²) in [4.78, 5) is 0. The summed E-state index contributed by atoms with van der Waals surface area (Å²) in [7, 11) is 0. The minimum absolute atomic E-state index is 0. The Morgan fingerprint density at radius 3 is 0.600 bits per heavy atom. The summed E-state index contributed by atoms with van der Waals surface area (Å²) in [6.07, 6.45) is 20.0. The predicted molar refractivity (Wildman–Crippen MR) is 59.8 cm³/mol. The third-order valence-corrected chi connectivity index (χ3v) is 1.11. The topological polar surface area (TPSA) is 19.9 Å². The zero-order valence-electron chi connectivity index (χ0n) is 9.18. The van der Waals surface area contributed by atoms with Crippen molar-refractivity contribution >= 4 is 0 Å². The van der Waals surface area contributed by atoms with Gasteiger partial charge in [-0.15, -0.1) is 0 Å². The molecule has 0 aliphatic heterocycles. The normalized spacial score (nSPS) is 16.1. The fourth-order valence-electron chi connectivity index (χ4n) is 0.642. The van der Waals surface area contributed by atoms with E-state index in [1.165, 1.54) is 0 Å². The Labute approximate surface area is 116 Å². The van der Waals surface area contributed by atoms with Gasteiger partial charge in [0.2, 0.25) is 0 Å². The van der Waals surface area contributed by atoms with Crippen LogP contribution in [0.4, 0.5) is 0 Å². The van der Waals surface area contributed by atoms with Crippen molar-refractivity contribution < 1.29 is 30.9 Å². The van der Waals surface area contributed by atoms with Crippen LogP contribution in [-0.4, -0.2) is 0 Å². The first-order valence-corrected chi connectivity index (χ1v) is 3.54. The maximum Gasteiger partial charge on any atom is 2.00 e. The fourth-order valence-corrected chi connectivity index (χ4v) is 0.642. The van der Waals surface area contributed by atoms with E-state index in [2.05, 4.69) is 6.65 Å². The SMILES string of the molecule is [C-]#[O+].[CH3-].[CH3-].[CH]1[CH][CH][CH][CH]1.[CH]1[CH][CH][CH][CH]1.[Zr+2]. The Hall–Kier alpha value is 0.623. The minimum atomic E-state index is 0. The van der Waals surface area contributed by atoms with Crippen LogP contribution in [0.5, 0.6) is 0 Å². The van der Waals surface area contributed by atoms with Gasteiger partial charge in [-0.2, -0.15) is 0 Å². The van der Waals surface area contributed by atoms with Crippen molar-refractivity contribution in [1.29, 1.82) is 0 Å². The molecule has 0 unspecified atom stereocenters. The second kappa shape index (κ2) is 24.0. The fraction of sp³-hybridized carbons (Fsp3) is 0. The first-order chi connectivity index (χ1) is 6.00. The molecule has 0 saturated heterocycles. The molecular weight excluding hydrogens is 263 g/mol. The van der Waals surface area contributed by atoms with Crippen molar-refractivity contribution in [3.05, 3.63) is 85.7 Å². The molecule has 0 aromatic rings. The molecule has 0 atom stereocenters. The average Bonchev–Trinajstić information content (AvgIpc) is 2.87. The van der Waals surface area contributed by atoms with Gasteiger partial charge >= 0.3 is 37.5 Å². The van der Waals surface area contributed by atoms with Crippen LogP contribution in [0.2, 0.25) is 0 Å². The molecule has 2 aliphatic rings. The van der Waals surface area contributed by atoms with Gasteiger partial charge in [0.05, 0.1) is 0 Å². The quantitative estimate of drug-likeness (QED) is 0.480. The van der Waals surface area contributed by atoms with Gasteiger partial charge < -0.3 is 14.9 Å². The average molecular weight is 279 g/mol. The van der Waals surface area contributed by atoms with Crippen LogP contribution in [0.1, 0.15) is 0 Å². The zero-order valence-corrected chi connectivity index (χ0v) is 11.6. The van der Waals surface area contributed by atoms with Crippen LogP contribution in [0.15, 0.2) is 0 Å². The van der Waals surface area contributed by atoms with Crippen molar-refractivity contribution in [2.24, 2.45) is 0 Å². The molecule has 0 heterocycles. The zero-order chi connectivity index (χ0) is 9.07. The third-order valence-electron chi connectivity index (χ3n) is 1.11. The summed E-state index contributed by atoms with van der Waals surface area (Å²) >= 11 is 0.